The number of hydrogen-bond donors (Lipinski definition) is 2. The average molecular weight is 339 g/mol. The van der Waals surface area contributed by atoms with E-state index >= 15 is 0 Å². The van der Waals surface area contributed by atoms with Crippen LogP contribution in [0.15, 0.2) is 27.2 Å². The highest BCUT2D eigenvalue weighted by molar-refractivity contribution is 9.10. The van der Waals surface area contributed by atoms with Crippen molar-refractivity contribution in [3.05, 3.63) is 45.3 Å². The van der Waals surface area contributed by atoms with Gasteiger partial charge in [0.25, 0.3) is 5.91 Å². The third-order valence-corrected chi connectivity index (χ3v) is 3.15. The molecule has 0 aliphatic rings. The summed E-state index contributed by atoms with van der Waals surface area (Å²) in [5, 5.41) is 14.9. The lowest BCUT2D eigenvalue weighted by atomic mass is 10.1. The normalized spacial score (nSPS) is 10.3. The Balaban J connectivity index is 2.25. The van der Waals surface area contributed by atoms with Crippen molar-refractivity contribution in [3.8, 4) is 0 Å². The first-order chi connectivity index (χ1) is 9.38. The van der Waals surface area contributed by atoms with Crippen molar-refractivity contribution in [3.63, 3.8) is 0 Å². The number of nitrogens with one attached hydrogen (secondary N) is 1. The Morgan fingerprint density at radius 3 is 2.35 bits per heavy atom. The molecular formula is C13H11BrN2O4. The van der Waals surface area contributed by atoms with Crippen molar-refractivity contribution in [2.75, 3.05) is 5.32 Å². The van der Waals surface area contributed by atoms with Crippen LogP contribution in [0.4, 0.5) is 5.69 Å². The molecule has 0 saturated carbocycles. The van der Waals surface area contributed by atoms with Gasteiger partial charge in [-0.25, -0.2) is 4.79 Å². The number of halogens is 1. The van der Waals surface area contributed by atoms with E-state index in [0.29, 0.717) is 5.69 Å². The van der Waals surface area contributed by atoms with E-state index in [1.165, 1.54) is 0 Å². The molecule has 0 bridgehead atoms. The fraction of sp³-hybridized carbons (Fsp3) is 0.154. The Labute approximate surface area is 122 Å². The first kappa shape index (κ1) is 14.3. The zero-order chi connectivity index (χ0) is 14.9. The molecular weight excluding hydrogens is 328 g/mol. The molecule has 1 aromatic heterocycles. The molecule has 0 aliphatic heterocycles. The van der Waals surface area contributed by atoms with Crippen LogP contribution in [0.2, 0.25) is 0 Å². The van der Waals surface area contributed by atoms with Crippen LogP contribution < -0.4 is 5.32 Å². The van der Waals surface area contributed by atoms with E-state index in [1.54, 1.807) is 0 Å². The molecule has 2 N–H and O–H groups in total. The predicted octanol–water partition coefficient (Wildman–Crippen LogP) is 3.00. The van der Waals surface area contributed by atoms with Gasteiger partial charge in [-0.05, 0) is 37.1 Å². The molecule has 1 amide bonds. The quantitative estimate of drug-likeness (QED) is 0.897. The first-order valence-corrected chi connectivity index (χ1v) is 6.46. The Bertz CT molecular complexity index is 670. The van der Waals surface area contributed by atoms with Crippen molar-refractivity contribution in [2.24, 2.45) is 0 Å². The lowest BCUT2D eigenvalue weighted by molar-refractivity contribution is 0.0651. The van der Waals surface area contributed by atoms with E-state index in [2.05, 4.69) is 30.9 Å². The third-order valence-electron chi connectivity index (χ3n) is 2.69. The molecule has 0 aliphatic carbocycles. The number of aryl methyl sites for hydroxylation is 2. The molecule has 0 saturated heterocycles. The summed E-state index contributed by atoms with van der Waals surface area (Å²) in [5.41, 5.74) is 2.35. The maximum atomic E-state index is 12.0. The minimum absolute atomic E-state index is 0.0795. The van der Waals surface area contributed by atoms with Gasteiger partial charge in [-0.1, -0.05) is 21.1 Å². The smallest absolute Gasteiger partial charge is 0.374 e. The van der Waals surface area contributed by atoms with E-state index in [9.17, 15) is 9.59 Å². The highest BCUT2D eigenvalue weighted by Crippen LogP contribution is 2.25. The van der Waals surface area contributed by atoms with E-state index in [0.717, 1.165) is 21.7 Å². The Kier molecular flexibility index (Phi) is 3.89. The fourth-order valence-corrected chi connectivity index (χ4v) is 2.46. The van der Waals surface area contributed by atoms with Gasteiger partial charge in [0.2, 0.25) is 5.76 Å². The molecule has 7 heteroatoms. The maximum Gasteiger partial charge on any atom is 0.374 e. The summed E-state index contributed by atoms with van der Waals surface area (Å²) in [6, 6.07) is 4.82. The minimum Gasteiger partial charge on any atom is -0.475 e. The molecule has 0 spiro atoms. The molecule has 104 valence electrons. The van der Waals surface area contributed by atoms with Crippen LogP contribution in [0.1, 0.15) is 32.2 Å². The van der Waals surface area contributed by atoms with Crippen LogP contribution in [0.3, 0.4) is 0 Å². The largest absolute Gasteiger partial charge is 0.475 e. The summed E-state index contributed by atoms with van der Waals surface area (Å²) in [6.45, 7) is 3.72. The number of rotatable bonds is 3. The van der Waals surface area contributed by atoms with Gasteiger partial charge in [0.15, 0.2) is 5.69 Å². The van der Waals surface area contributed by atoms with E-state index in [1.807, 2.05) is 26.0 Å². The molecule has 6 nitrogen and oxygen atoms in total. The Hall–Kier alpha value is -2.15. The van der Waals surface area contributed by atoms with Gasteiger partial charge in [-0.3, -0.25) is 4.79 Å². The van der Waals surface area contributed by atoms with Crippen LogP contribution in [-0.4, -0.2) is 22.1 Å². The molecule has 1 aromatic carbocycles. The lowest BCUT2D eigenvalue weighted by Gasteiger charge is -2.11. The molecule has 0 unspecified atom stereocenters. The predicted molar refractivity (Wildman–Crippen MR) is 75.0 cm³/mol. The summed E-state index contributed by atoms with van der Waals surface area (Å²) >= 11 is 3.37. The van der Waals surface area contributed by atoms with Crippen LogP contribution in [0, 0.1) is 13.8 Å². The van der Waals surface area contributed by atoms with Crippen molar-refractivity contribution in [1.82, 2.24) is 5.16 Å². The number of carbonyl (C=O) groups is 2. The number of carbonyl (C=O) groups excluding carboxylic acids is 1. The summed E-state index contributed by atoms with van der Waals surface area (Å²) < 4.78 is 5.46. The molecule has 0 radical (unpaired) electrons. The number of aromatic nitrogens is 1. The molecule has 0 fully saturated rings. The van der Waals surface area contributed by atoms with Gasteiger partial charge >= 0.3 is 5.97 Å². The molecule has 2 rings (SSSR count). The molecule has 1 heterocycles. The van der Waals surface area contributed by atoms with Crippen LogP contribution >= 0.6 is 15.9 Å². The number of aromatic carboxylic acids is 1. The number of amides is 1. The molecule has 20 heavy (non-hydrogen) atoms. The van der Waals surface area contributed by atoms with Gasteiger partial charge in [-0.15, -0.1) is 0 Å². The number of nitrogens with zero attached hydrogens (tertiary/aromatic N) is 1. The fourth-order valence-electron chi connectivity index (χ4n) is 1.77. The third kappa shape index (κ3) is 2.88. The number of hydrogen-bond acceptors (Lipinski definition) is 4. The number of benzene rings is 1. The molecule has 2 aromatic rings. The Morgan fingerprint density at radius 2 is 1.85 bits per heavy atom. The Morgan fingerprint density at radius 1 is 1.25 bits per heavy atom. The summed E-state index contributed by atoms with van der Waals surface area (Å²) in [7, 11) is 0. The topological polar surface area (TPSA) is 92.4 Å². The lowest BCUT2D eigenvalue weighted by Crippen LogP contribution is -2.14. The zero-order valence-electron chi connectivity index (χ0n) is 10.7. The number of carboxylic acid groups (broad SMARTS) is 1. The van der Waals surface area contributed by atoms with E-state index in [-0.39, 0.29) is 11.5 Å². The van der Waals surface area contributed by atoms with Crippen molar-refractivity contribution in [1.29, 1.82) is 0 Å². The van der Waals surface area contributed by atoms with Crippen molar-refractivity contribution in [2.45, 2.75) is 13.8 Å². The molecule has 0 atom stereocenters. The van der Waals surface area contributed by atoms with Crippen LogP contribution in [0.5, 0.6) is 0 Å². The number of carboxylic acids is 1. The monoisotopic (exact) mass is 338 g/mol. The van der Waals surface area contributed by atoms with Crippen molar-refractivity contribution < 1.29 is 19.2 Å². The maximum absolute atomic E-state index is 12.0. The zero-order valence-corrected chi connectivity index (χ0v) is 12.3. The number of anilines is 1. The second-order valence-electron chi connectivity index (χ2n) is 4.25. The van der Waals surface area contributed by atoms with E-state index in [4.69, 9.17) is 5.11 Å². The second-order valence-corrected chi connectivity index (χ2v) is 5.17. The summed E-state index contributed by atoms with van der Waals surface area (Å²) in [4.78, 5) is 22.7. The van der Waals surface area contributed by atoms with Gasteiger partial charge in [0.05, 0.1) is 0 Å². The summed E-state index contributed by atoms with van der Waals surface area (Å²) in [6.07, 6.45) is 0. The minimum atomic E-state index is -1.27. The van der Waals surface area contributed by atoms with Crippen LogP contribution in [-0.2, 0) is 0 Å². The SMILES string of the molecule is Cc1cc(Br)cc(C)c1NC(=O)c1cc(C(=O)O)on1. The average Bonchev–Trinajstić information content (AvgIpc) is 2.83. The summed E-state index contributed by atoms with van der Waals surface area (Å²) in [5.74, 6) is -2.17. The van der Waals surface area contributed by atoms with Gasteiger partial charge < -0.3 is 14.9 Å². The first-order valence-electron chi connectivity index (χ1n) is 5.66. The van der Waals surface area contributed by atoms with Crippen LogP contribution in [0.25, 0.3) is 0 Å². The highest BCUT2D eigenvalue weighted by Gasteiger charge is 2.18. The standard InChI is InChI=1S/C13H11BrN2O4/c1-6-3-8(14)4-7(2)11(6)15-12(17)9-5-10(13(18)19)20-16-9/h3-5H,1-2H3,(H,15,17)(H,18,19). The van der Waals surface area contributed by atoms with Crippen molar-refractivity contribution >= 4 is 33.5 Å². The van der Waals surface area contributed by atoms with Gasteiger partial charge in [0, 0.05) is 16.2 Å². The van der Waals surface area contributed by atoms with Gasteiger partial charge in [-0.2, -0.15) is 0 Å². The van der Waals surface area contributed by atoms with Gasteiger partial charge in [0.1, 0.15) is 0 Å². The second kappa shape index (κ2) is 5.46. The highest BCUT2D eigenvalue weighted by atomic mass is 79.9. The van der Waals surface area contributed by atoms with E-state index < -0.39 is 11.9 Å².